The van der Waals surface area contributed by atoms with Gasteiger partial charge in [-0.1, -0.05) is 70.3 Å². The number of unbranched alkanes of at least 4 members (excludes halogenated alkanes) is 8. The zero-order chi connectivity index (χ0) is 16.0. The molecule has 0 radical (unpaired) electrons. The second-order valence-electron chi connectivity index (χ2n) is 7.16. The third kappa shape index (κ3) is 11.0. The molecule has 2 heteroatoms. The van der Waals surface area contributed by atoms with Crippen molar-refractivity contribution in [1.29, 1.82) is 0 Å². The lowest BCUT2D eigenvalue weighted by Gasteiger charge is -2.26. The fourth-order valence-electron chi connectivity index (χ4n) is 3.61. The largest absolute Gasteiger partial charge is 0.393 e. The van der Waals surface area contributed by atoms with Crippen LogP contribution in [0.4, 0.5) is 0 Å². The first-order chi connectivity index (χ1) is 10.7. The van der Waals surface area contributed by atoms with Crippen LogP contribution in [-0.2, 0) is 0 Å². The smallest absolute Gasteiger partial charge is 0.0568 e. The molecule has 1 fully saturated rings. The number of halogens is 1. The molecule has 1 aliphatic rings. The van der Waals surface area contributed by atoms with E-state index in [2.05, 4.69) is 35.6 Å². The first-order valence-corrected chi connectivity index (χ1v) is 10.8. The lowest BCUT2D eigenvalue weighted by Crippen LogP contribution is -2.22. The molecule has 0 saturated heterocycles. The fraction of sp³-hybridized carbons (Fsp3) is 0.900. The highest BCUT2D eigenvalue weighted by Gasteiger charge is 2.20. The molecule has 0 spiro atoms. The Labute approximate surface area is 152 Å². The highest BCUT2D eigenvalue weighted by Crippen LogP contribution is 2.28. The number of aliphatic hydroxyl groups is 1. The summed E-state index contributed by atoms with van der Waals surface area (Å²) in [6.45, 7) is 2.17. The number of hydrogen-bond acceptors (Lipinski definition) is 1. The van der Waals surface area contributed by atoms with Crippen molar-refractivity contribution >= 4 is 22.6 Å². The molecule has 1 saturated carbocycles. The van der Waals surface area contributed by atoms with Crippen LogP contribution in [0.5, 0.6) is 0 Å². The van der Waals surface area contributed by atoms with Gasteiger partial charge in [0.2, 0.25) is 0 Å². The van der Waals surface area contributed by atoms with Crippen molar-refractivity contribution in [2.45, 2.75) is 109 Å². The Morgan fingerprint density at radius 1 is 0.955 bits per heavy atom. The lowest BCUT2D eigenvalue weighted by molar-refractivity contribution is 0.0748. The SMILES string of the molecule is C/C(I)=C/CCCCCCCCCC[C@@H](O)C1CCCCC1. The van der Waals surface area contributed by atoms with Gasteiger partial charge in [-0.25, -0.2) is 0 Å². The molecule has 0 bridgehead atoms. The molecule has 22 heavy (non-hydrogen) atoms. The van der Waals surface area contributed by atoms with E-state index in [0.29, 0.717) is 5.92 Å². The molecule has 0 amide bonds. The zero-order valence-corrected chi connectivity index (χ0v) is 16.8. The summed E-state index contributed by atoms with van der Waals surface area (Å²) < 4.78 is 1.42. The standard InChI is InChI=1S/C20H37IO/c1-18(21)14-10-7-5-3-2-4-6-8-13-17-20(22)19-15-11-9-12-16-19/h14,19-20,22H,2-13,15-17H2,1H3/b18-14-/t20-/m1/s1. The Morgan fingerprint density at radius 2 is 1.50 bits per heavy atom. The highest BCUT2D eigenvalue weighted by molar-refractivity contribution is 14.1. The summed E-state index contributed by atoms with van der Waals surface area (Å²) in [6.07, 6.45) is 22.1. The van der Waals surface area contributed by atoms with Gasteiger partial charge in [0.1, 0.15) is 0 Å². The van der Waals surface area contributed by atoms with E-state index in [1.165, 1.54) is 93.5 Å². The number of aliphatic hydroxyl groups excluding tert-OH is 1. The summed E-state index contributed by atoms with van der Waals surface area (Å²) in [5, 5.41) is 10.2. The van der Waals surface area contributed by atoms with Gasteiger partial charge in [0.25, 0.3) is 0 Å². The van der Waals surface area contributed by atoms with E-state index in [-0.39, 0.29) is 6.10 Å². The van der Waals surface area contributed by atoms with Gasteiger partial charge in [0.05, 0.1) is 6.10 Å². The predicted molar refractivity (Wildman–Crippen MR) is 107 cm³/mol. The second kappa shape index (κ2) is 13.8. The van der Waals surface area contributed by atoms with E-state index in [9.17, 15) is 5.11 Å². The molecule has 0 heterocycles. The maximum atomic E-state index is 10.2. The van der Waals surface area contributed by atoms with Crippen LogP contribution in [-0.4, -0.2) is 11.2 Å². The molecule has 130 valence electrons. The Hall–Kier alpha value is 0.430. The summed E-state index contributed by atoms with van der Waals surface area (Å²) in [5.74, 6) is 0.619. The number of hydrogen-bond donors (Lipinski definition) is 1. The van der Waals surface area contributed by atoms with Crippen LogP contribution in [0, 0.1) is 5.92 Å². The highest BCUT2D eigenvalue weighted by atomic mass is 127. The average Bonchev–Trinajstić information content (AvgIpc) is 2.53. The maximum Gasteiger partial charge on any atom is 0.0568 e. The van der Waals surface area contributed by atoms with Gasteiger partial charge in [0, 0.05) is 0 Å². The van der Waals surface area contributed by atoms with Gasteiger partial charge in [-0.2, -0.15) is 0 Å². The minimum Gasteiger partial charge on any atom is -0.393 e. The number of rotatable bonds is 12. The molecule has 0 aliphatic heterocycles. The van der Waals surface area contributed by atoms with Crippen LogP contribution in [0.1, 0.15) is 103 Å². The maximum absolute atomic E-state index is 10.2. The third-order valence-corrected chi connectivity index (χ3v) is 5.51. The summed E-state index contributed by atoms with van der Waals surface area (Å²) in [7, 11) is 0. The Balaban J connectivity index is 1.82. The van der Waals surface area contributed by atoms with Crippen LogP contribution in [0.25, 0.3) is 0 Å². The van der Waals surface area contributed by atoms with Crippen molar-refractivity contribution < 1.29 is 5.11 Å². The molecule has 1 atom stereocenters. The zero-order valence-electron chi connectivity index (χ0n) is 14.7. The Kier molecular flexibility index (Phi) is 12.9. The van der Waals surface area contributed by atoms with Gasteiger partial charge < -0.3 is 5.11 Å². The van der Waals surface area contributed by atoms with Crippen LogP contribution in [0.2, 0.25) is 0 Å². The fourth-order valence-corrected chi connectivity index (χ4v) is 3.93. The lowest BCUT2D eigenvalue weighted by atomic mass is 9.83. The number of allylic oxidation sites excluding steroid dienone is 2. The molecule has 1 rings (SSSR count). The van der Waals surface area contributed by atoms with Crippen LogP contribution in [0.15, 0.2) is 9.66 Å². The Morgan fingerprint density at radius 3 is 2.09 bits per heavy atom. The van der Waals surface area contributed by atoms with Crippen molar-refractivity contribution in [2.75, 3.05) is 0 Å². The van der Waals surface area contributed by atoms with Crippen LogP contribution < -0.4 is 0 Å². The first kappa shape index (κ1) is 20.5. The minimum absolute atomic E-state index is 0.00489. The van der Waals surface area contributed by atoms with E-state index in [0.717, 1.165) is 6.42 Å². The molecule has 0 aromatic carbocycles. The van der Waals surface area contributed by atoms with Crippen molar-refractivity contribution in [3.63, 3.8) is 0 Å². The molecule has 1 aliphatic carbocycles. The average molecular weight is 420 g/mol. The summed E-state index contributed by atoms with van der Waals surface area (Å²) in [6, 6.07) is 0. The van der Waals surface area contributed by atoms with Crippen LogP contribution in [0.3, 0.4) is 0 Å². The topological polar surface area (TPSA) is 20.2 Å². The monoisotopic (exact) mass is 420 g/mol. The van der Waals surface area contributed by atoms with Gasteiger partial charge in [-0.05, 0) is 71.1 Å². The van der Waals surface area contributed by atoms with Crippen molar-refractivity contribution in [2.24, 2.45) is 5.92 Å². The molecular formula is C20H37IO. The van der Waals surface area contributed by atoms with E-state index >= 15 is 0 Å². The van der Waals surface area contributed by atoms with E-state index < -0.39 is 0 Å². The van der Waals surface area contributed by atoms with Crippen LogP contribution >= 0.6 is 22.6 Å². The van der Waals surface area contributed by atoms with Crippen molar-refractivity contribution in [3.8, 4) is 0 Å². The molecule has 1 nitrogen and oxygen atoms in total. The van der Waals surface area contributed by atoms with E-state index in [1.807, 2.05) is 0 Å². The quantitative estimate of drug-likeness (QED) is 0.262. The van der Waals surface area contributed by atoms with E-state index in [4.69, 9.17) is 0 Å². The normalized spacial score (nSPS) is 18.6. The predicted octanol–water partition coefficient (Wildman–Crippen LogP) is 7.17. The van der Waals surface area contributed by atoms with Crippen molar-refractivity contribution in [3.05, 3.63) is 9.66 Å². The van der Waals surface area contributed by atoms with Gasteiger partial charge in [0.15, 0.2) is 0 Å². The summed E-state index contributed by atoms with van der Waals surface area (Å²) in [4.78, 5) is 0. The van der Waals surface area contributed by atoms with Gasteiger partial charge in [-0.15, -0.1) is 0 Å². The molecular weight excluding hydrogens is 383 g/mol. The molecule has 0 aromatic rings. The molecule has 0 aromatic heterocycles. The second-order valence-corrected chi connectivity index (χ2v) is 8.86. The third-order valence-electron chi connectivity index (χ3n) is 5.07. The van der Waals surface area contributed by atoms with Gasteiger partial charge >= 0.3 is 0 Å². The summed E-state index contributed by atoms with van der Waals surface area (Å²) in [5.41, 5.74) is 0. The minimum atomic E-state index is -0.00489. The van der Waals surface area contributed by atoms with Gasteiger partial charge in [-0.3, -0.25) is 0 Å². The van der Waals surface area contributed by atoms with E-state index in [1.54, 1.807) is 0 Å². The molecule has 0 unspecified atom stereocenters. The molecule has 1 N–H and O–H groups in total. The Bertz CT molecular complexity index is 277. The first-order valence-electron chi connectivity index (χ1n) is 9.70. The summed E-state index contributed by atoms with van der Waals surface area (Å²) >= 11 is 2.39. The van der Waals surface area contributed by atoms with Crippen molar-refractivity contribution in [1.82, 2.24) is 0 Å².